The Bertz CT molecular complexity index is 621. The first-order valence-corrected chi connectivity index (χ1v) is 7.44. The van der Waals surface area contributed by atoms with Gasteiger partial charge in [-0.1, -0.05) is 0 Å². The predicted molar refractivity (Wildman–Crippen MR) is 70.7 cm³/mol. The molecular formula is C12H16N2O4S. The molecule has 0 saturated heterocycles. The van der Waals surface area contributed by atoms with E-state index >= 15 is 0 Å². The third-order valence-corrected chi connectivity index (χ3v) is 4.35. The topological polar surface area (TPSA) is 109 Å². The molecule has 0 aromatic heterocycles. The molecule has 4 N–H and O–H groups in total. The number of carboxylic acids is 1. The van der Waals surface area contributed by atoms with Gasteiger partial charge in [0.05, 0.1) is 10.5 Å². The quantitative estimate of drug-likeness (QED) is 0.774. The lowest BCUT2D eigenvalue weighted by Gasteiger charge is -2.40. The molecule has 0 aliphatic heterocycles. The Morgan fingerprint density at radius 2 is 2.05 bits per heavy atom. The van der Waals surface area contributed by atoms with E-state index in [-0.39, 0.29) is 16.0 Å². The first-order valence-electron chi connectivity index (χ1n) is 5.90. The van der Waals surface area contributed by atoms with Crippen molar-refractivity contribution in [3.8, 4) is 0 Å². The third kappa shape index (κ3) is 2.87. The van der Waals surface area contributed by atoms with Gasteiger partial charge < -0.3 is 10.4 Å². The van der Waals surface area contributed by atoms with Crippen LogP contribution >= 0.6 is 0 Å². The van der Waals surface area contributed by atoms with Gasteiger partial charge in [-0.3, -0.25) is 0 Å². The second kappa shape index (κ2) is 4.50. The van der Waals surface area contributed by atoms with Gasteiger partial charge in [-0.2, -0.15) is 0 Å². The zero-order chi connectivity index (χ0) is 14.3. The van der Waals surface area contributed by atoms with Crippen molar-refractivity contribution in [2.45, 2.75) is 36.6 Å². The standard InChI is InChI=1S/C12H16N2O4S/c1-12(5-2-6-12)14-10-4-3-8(19(13,17)18)7-9(10)11(15)16/h3-4,7,14H,2,5-6H2,1H3,(H,15,16)(H2,13,17,18). The van der Waals surface area contributed by atoms with Crippen molar-refractivity contribution in [2.75, 3.05) is 5.32 Å². The maximum Gasteiger partial charge on any atom is 0.337 e. The Kier molecular flexibility index (Phi) is 3.27. The van der Waals surface area contributed by atoms with E-state index < -0.39 is 16.0 Å². The van der Waals surface area contributed by atoms with Gasteiger partial charge in [0, 0.05) is 11.2 Å². The highest BCUT2D eigenvalue weighted by atomic mass is 32.2. The molecule has 6 nitrogen and oxygen atoms in total. The number of carbonyl (C=O) groups is 1. The lowest BCUT2D eigenvalue weighted by atomic mass is 9.78. The molecule has 0 bridgehead atoms. The molecule has 0 radical (unpaired) electrons. The van der Waals surface area contributed by atoms with Crippen LogP contribution in [-0.4, -0.2) is 25.0 Å². The van der Waals surface area contributed by atoms with E-state index in [0.717, 1.165) is 25.3 Å². The van der Waals surface area contributed by atoms with Crippen LogP contribution < -0.4 is 10.5 Å². The maximum absolute atomic E-state index is 11.2. The maximum atomic E-state index is 11.2. The number of hydrogen-bond donors (Lipinski definition) is 3. The summed E-state index contributed by atoms with van der Waals surface area (Å²) >= 11 is 0. The van der Waals surface area contributed by atoms with Gasteiger partial charge in [-0.25, -0.2) is 18.4 Å². The molecule has 0 amide bonds. The molecule has 1 fully saturated rings. The summed E-state index contributed by atoms with van der Waals surface area (Å²) in [5, 5.41) is 17.3. The lowest BCUT2D eigenvalue weighted by Crippen LogP contribution is -2.42. The molecule has 0 atom stereocenters. The van der Waals surface area contributed by atoms with Crippen LogP contribution in [0.3, 0.4) is 0 Å². The first-order chi connectivity index (χ1) is 8.71. The average Bonchev–Trinajstić information content (AvgIpc) is 2.25. The molecule has 1 aliphatic rings. The Morgan fingerprint density at radius 3 is 2.47 bits per heavy atom. The molecule has 19 heavy (non-hydrogen) atoms. The number of hydrogen-bond acceptors (Lipinski definition) is 4. The number of anilines is 1. The second-order valence-corrected chi connectivity index (χ2v) is 6.66. The summed E-state index contributed by atoms with van der Waals surface area (Å²) in [7, 11) is -3.90. The summed E-state index contributed by atoms with van der Waals surface area (Å²) in [4.78, 5) is 11.0. The number of primary sulfonamides is 1. The van der Waals surface area contributed by atoms with Gasteiger partial charge in [0.15, 0.2) is 0 Å². The van der Waals surface area contributed by atoms with E-state index in [1.807, 2.05) is 6.92 Å². The molecule has 1 aliphatic carbocycles. The number of sulfonamides is 1. The highest BCUT2D eigenvalue weighted by Crippen LogP contribution is 2.35. The molecule has 1 aromatic carbocycles. The van der Waals surface area contributed by atoms with Gasteiger partial charge in [-0.05, 0) is 44.4 Å². The number of carboxylic acid groups (broad SMARTS) is 1. The SMILES string of the molecule is CC1(Nc2ccc(S(N)(=O)=O)cc2C(=O)O)CCC1. The highest BCUT2D eigenvalue weighted by molar-refractivity contribution is 7.89. The number of nitrogens with two attached hydrogens (primary N) is 1. The van der Waals surface area contributed by atoms with Gasteiger partial charge in [-0.15, -0.1) is 0 Å². The van der Waals surface area contributed by atoms with Crippen molar-refractivity contribution in [1.82, 2.24) is 0 Å². The number of nitrogens with one attached hydrogen (secondary N) is 1. The summed E-state index contributed by atoms with van der Waals surface area (Å²) < 4.78 is 22.5. The molecule has 0 heterocycles. The average molecular weight is 284 g/mol. The minimum absolute atomic E-state index is 0.0837. The van der Waals surface area contributed by atoms with Crippen LogP contribution in [0.5, 0.6) is 0 Å². The summed E-state index contributed by atoms with van der Waals surface area (Å²) in [6, 6.07) is 3.85. The molecule has 104 valence electrons. The summed E-state index contributed by atoms with van der Waals surface area (Å²) in [6.45, 7) is 2.01. The van der Waals surface area contributed by atoms with Crippen LogP contribution in [0, 0.1) is 0 Å². The highest BCUT2D eigenvalue weighted by Gasteiger charge is 2.32. The van der Waals surface area contributed by atoms with Crippen LogP contribution in [0.25, 0.3) is 0 Å². The van der Waals surface area contributed by atoms with Crippen molar-refractivity contribution in [3.63, 3.8) is 0 Å². The normalized spacial score (nSPS) is 17.6. The minimum atomic E-state index is -3.90. The van der Waals surface area contributed by atoms with Crippen LogP contribution in [0.2, 0.25) is 0 Å². The Hall–Kier alpha value is -1.60. The number of benzene rings is 1. The molecule has 0 unspecified atom stereocenters. The van der Waals surface area contributed by atoms with Crippen molar-refractivity contribution >= 4 is 21.7 Å². The van der Waals surface area contributed by atoms with Crippen molar-refractivity contribution < 1.29 is 18.3 Å². The summed E-state index contributed by atoms with van der Waals surface area (Å²) in [6.07, 6.45) is 3.02. The fourth-order valence-electron chi connectivity index (χ4n) is 2.14. The third-order valence-electron chi connectivity index (χ3n) is 3.44. The fraction of sp³-hybridized carbons (Fsp3) is 0.417. The van der Waals surface area contributed by atoms with E-state index in [9.17, 15) is 13.2 Å². The van der Waals surface area contributed by atoms with Gasteiger partial charge >= 0.3 is 5.97 Å². The predicted octanol–water partition coefficient (Wildman–Crippen LogP) is 1.39. The van der Waals surface area contributed by atoms with E-state index in [2.05, 4.69) is 5.32 Å². The summed E-state index contributed by atoms with van der Waals surface area (Å²) in [5.74, 6) is -1.18. The molecule has 0 spiro atoms. The molecule has 2 rings (SSSR count). The van der Waals surface area contributed by atoms with Crippen molar-refractivity contribution in [2.24, 2.45) is 5.14 Å². The zero-order valence-electron chi connectivity index (χ0n) is 10.5. The largest absolute Gasteiger partial charge is 0.478 e. The van der Waals surface area contributed by atoms with Gasteiger partial charge in [0.2, 0.25) is 10.0 Å². The second-order valence-electron chi connectivity index (χ2n) is 5.10. The number of aromatic carboxylic acids is 1. The van der Waals surface area contributed by atoms with E-state index in [1.165, 1.54) is 12.1 Å². The van der Waals surface area contributed by atoms with Crippen LogP contribution in [0.15, 0.2) is 23.1 Å². The van der Waals surface area contributed by atoms with Gasteiger partial charge in [0.1, 0.15) is 0 Å². The van der Waals surface area contributed by atoms with E-state index in [1.54, 1.807) is 0 Å². The molecule has 7 heteroatoms. The lowest BCUT2D eigenvalue weighted by molar-refractivity contribution is 0.0697. The van der Waals surface area contributed by atoms with Crippen molar-refractivity contribution in [1.29, 1.82) is 0 Å². The van der Waals surface area contributed by atoms with Crippen molar-refractivity contribution in [3.05, 3.63) is 23.8 Å². The minimum Gasteiger partial charge on any atom is -0.478 e. The van der Waals surface area contributed by atoms with E-state index in [0.29, 0.717) is 5.69 Å². The zero-order valence-corrected chi connectivity index (χ0v) is 11.3. The number of rotatable bonds is 4. The van der Waals surface area contributed by atoms with Crippen LogP contribution in [0.1, 0.15) is 36.5 Å². The monoisotopic (exact) mass is 284 g/mol. The Balaban J connectivity index is 2.41. The molecule has 1 aromatic rings. The molecule has 1 saturated carbocycles. The molecular weight excluding hydrogens is 268 g/mol. The van der Waals surface area contributed by atoms with Crippen LogP contribution in [0.4, 0.5) is 5.69 Å². The fourth-order valence-corrected chi connectivity index (χ4v) is 2.68. The van der Waals surface area contributed by atoms with Gasteiger partial charge in [0.25, 0.3) is 0 Å². The van der Waals surface area contributed by atoms with Crippen LogP contribution in [-0.2, 0) is 10.0 Å². The summed E-state index contributed by atoms with van der Waals surface area (Å²) in [5.41, 5.74) is 0.217. The Morgan fingerprint density at radius 1 is 1.42 bits per heavy atom. The Labute approximate surface area is 111 Å². The van der Waals surface area contributed by atoms with E-state index in [4.69, 9.17) is 10.2 Å². The smallest absolute Gasteiger partial charge is 0.337 e. The first kappa shape index (κ1) is 13.8.